The van der Waals surface area contributed by atoms with Gasteiger partial charge < -0.3 is 10.3 Å². The number of rotatable bonds is 8. The second-order valence-corrected chi connectivity index (χ2v) is 7.61. The van der Waals surface area contributed by atoms with Gasteiger partial charge in [-0.05, 0) is 37.2 Å². The summed E-state index contributed by atoms with van der Waals surface area (Å²) in [6, 6.07) is 0. The second-order valence-electron chi connectivity index (χ2n) is 7.20. The van der Waals surface area contributed by atoms with E-state index in [-0.39, 0.29) is 0 Å². The van der Waals surface area contributed by atoms with E-state index < -0.39 is 0 Å². The molecule has 2 rings (SSSR count). The third kappa shape index (κ3) is 5.72. The first kappa shape index (κ1) is 18.7. The molecule has 0 saturated carbocycles. The minimum Gasteiger partial charge on any atom is -0.352 e. The van der Waals surface area contributed by atoms with E-state index in [2.05, 4.69) is 42.2 Å². The molecule has 0 bridgehead atoms. The topological polar surface area (TPSA) is 18.5 Å². The lowest BCUT2D eigenvalue weighted by Crippen LogP contribution is -2.48. The minimum atomic E-state index is 0.754. The maximum atomic E-state index is 6.52. The summed E-state index contributed by atoms with van der Waals surface area (Å²) in [4.78, 5) is 2.43. The fraction of sp³-hybridized carbons (Fsp3) is 0.789. The Morgan fingerprint density at radius 2 is 2.04 bits per heavy atom. The summed E-state index contributed by atoms with van der Waals surface area (Å²) >= 11 is 6.52. The second kappa shape index (κ2) is 9.58. The summed E-state index contributed by atoms with van der Waals surface area (Å²) < 4.78 is 0. The van der Waals surface area contributed by atoms with Crippen LogP contribution in [-0.2, 0) is 0 Å². The fourth-order valence-corrected chi connectivity index (χ4v) is 3.64. The molecule has 3 nitrogen and oxygen atoms in total. The highest BCUT2D eigenvalue weighted by atomic mass is 35.5. The molecule has 0 aromatic rings. The first-order valence-corrected chi connectivity index (χ1v) is 9.84. The van der Waals surface area contributed by atoms with Gasteiger partial charge in [-0.1, -0.05) is 57.7 Å². The first-order chi connectivity index (χ1) is 11.1. The van der Waals surface area contributed by atoms with Gasteiger partial charge in [0.2, 0.25) is 0 Å². The van der Waals surface area contributed by atoms with Crippen molar-refractivity contribution < 1.29 is 0 Å². The van der Waals surface area contributed by atoms with Gasteiger partial charge in [0.1, 0.15) is 5.82 Å². The summed E-state index contributed by atoms with van der Waals surface area (Å²) in [5.41, 5.74) is 3.62. The highest BCUT2D eigenvalue weighted by molar-refractivity contribution is 6.31. The zero-order chi connectivity index (χ0) is 16.7. The predicted octanol–water partition coefficient (Wildman–Crippen LogP) is 4.72. The smallest absolute Gasteiger partial charge is 0.135 e. The van der Waals surface area contributed by atoms with Gasteiger partial charge in [-0.15, -0.1) is 0 Å². The first-order valence-electron chi connectivity index (χ1n) is 9.46. The van der Waals surface area contributed by atoms with E-state index in [1.807, 2.05) is 6.08 Å². The van der Waals surface area contributed by atoms with Crippen LogP contribution < -0.4 is 5.43 Å². The zero-order valence-electron chi connectivity index (χ0n) is 15.2. The average Bonchev–Trinajstić information content (AvgIpc) is 2.56. The van der Waals surface area contributed by atoms with Gasteiger partial charge in [-0.25, -0.2) is 5.01 Å². The number of unbranched alkanes of at least 4 members (excludes halogenated alkanes) is 1. The molecule has 1 atom stereocenters. The number of hydrazine groups is 1. The molecule has 0 spiro atoms. The van der Waals surface area contributed by atoms with Crippen LogP contribution in [-0.4, -0.2) is 36.1 Å². The number of piperidine rings is 1. The molecule has 4 heteroatoms. The normalized spacial score (nSPS) is 21.8. The fourth-order valence-electron chi connectivity index (χ4n) is 3.39. The molecule has 0 radical (unpaired) electrons. The number of allylic oxidation sites excluding steroid dienone is 2. The van der Waals surface area contributed by atoms with Crippen LogP contribution in [0.1, 0.15) is 59.3 Å². The van der Waals surface area contributed by atoms with Crippen molar-refractivity contribution in [1.82, 2.24) is 15.3 Å². The van der Waals surface area contributed by atoms with Gasteiger partial charge >= 0.3 is 0 Å². The van der Waals surface area contributed by atoms with Crippen molar-refractivity contribution >= 4 is 11.6 Å². The van der Waals surface area contributed by atoms with Crippen molar-refractivity contribution in [2.75, 3.05) is 26.2 Å². The molecule has 0 aliphatic carbocycles. The van der Waals surface area contributed by atoms with E-state index >= 15 is 0 Å². The van der Waals surface area contributed by atoms with Crippen molar-refractivity contribution in [3.05, 3.63) is 23.0 Å². The lowest BCUT2D eigenvalue weighted by molar-refractivity contribution is 0.120. The van der Waals surface area contributed by atoms with E-state index in [1.54, 1.807) is 0 Å². The third-order valence-corrected chi connectivity index (χ3v) is 5.51. The van der Waals surface area contributed by atoms with E-state index in [1.165, 1.54) is 38.5 Å². The highest BCUT2D eigenvalue weighted by Crippen LogP contribution is 2.24. The van der Waals surface area contributed by atoms with E-state index in [9.17, 15) is 0 Å². The Morgan fingerprint density at radius 3 is 2.70 bits per heavy atom. The quantitative estimate of drug-likeness (QED) is 0.690. The van der Waals surface area contributed by atoms with Crippen molar-refractivity contribution in [1.29, 1.82) is 0 Å². The van der Waals surface area contributed by atoms with Crippen molar-refractivity contribution in [3.8, 4) is 0 Å². The summed E-state index contributed by atoms with van der Waals surface area (Å²) in [6.07, 6.45) is 11.9. The average molecular weight is 340 g/mol. The van der Waals surface area contributed by atoms with Crippen molar-refractivity contribution in [2.24, 2.45) is 11.8 Å². The molecule has 2 heterocycles. The monoisotopic (exact) mass is 339 g/mol. The van der Waals surface area contributed by atoms with E-state index in [0.29, 0.717) is 0 Å². The lowest BCUT2D eigenvalue weighted by Gasteiger charge is -2.38. The number of halogens is 1. The summed E-state index contributed by atoms with van der Waals surface area (Å²) in [7, 11) is 0. The molecule has 0 aromatic carbocycles. The predicted molar refractivity (Wildman–Crippen MR) is 100 cm³/mol. The Hall–Kier alpha value is -0.670. The molecule has 2 aliphatic heterocycles. The Morgan fingerprint density at radius 1 is 1.30 bits per heavy atom. The minimum absolute atomic E-state index is 0.754. The van der Waals surface area contributed by atoms with Crippen LogP contribution >= 0.6 is 11.6 Å². The van der Waals surface area contributed by atoms with Gasteiger partial charge in [-0.2, -0.15) is 0 Å². The molecule has 1 unspecified atom stereocenters. The number of nitrogens with one attached hydrogen (secondary N) is 1. The van der Waals surface area contributed by atoms with Crippen LogP contribution in [0.5, 0.6) is 0 Å². The van der Waals surface area contributed by atoms with Gasteiger partial charge in [-0.3, -0.25) is 0 Å². The third-order valence-electron chi connectivity index (χ3n) is 5.20. The molecule has 1 fully saturated rings. The van der Waals surface area contributed by atoms with E-state index in [4.69, 9.17) is 11.6 Å². The number of hydrogen-bond acceptors (Lipinski definition) is 3. The Bertz CT molecular complexity index is 411. The molecule has 0 aromatic heterocycles. The molecule has 1 N–H and O–H groups in total. The van der Waals surface area contributed by atoms with Crippen LogP contribution in [0.15, 0.2) is 23.0 Å². The maximum absolute atomic E-state index is 6.52. The molecular formula is C19H34ClN3. The highest BCUT2D eigenvalue weighted by Gasteiger charge is 2.23. The van der Waals surface area contributed by atoms with Gasteiger partial charge in [0, 0.05) is 26.2 Å². The summed E-state index contributed by atoms with van der Waals surface area (Å²) in [5, 5.41) is 3.19. The van der Waals surface area contributed by atoms with Crippen molar-refractivity contribution in [3.63, 3.8) is 0 Å². The maximum Gasteiger partial charge on any atom is 0.135 e. The molecule has 2 aliphatic rings. The molecule has 0 amide bonds. The number of hydrogen-bond donors (Lipinski definition) is 1. The Kier molecular flexibility index (Phi) is 7.78. The lowest BCUT2D eigenvalue weighted by atomic mass is 9.98. The molecule has 132 valence electrons. The van der Waals surface area contributed by atoms with Crippen molar-refractivity contribution in [2.45, 2.75) is 59.3 Å². The van der Waals surface area contributed by atoms with Gasteiger partial charge in [0.15, 0.2) is 0 Å². The molecular weight excluding hydrogens is 306 g/mol. The number of nitrogens with zero attached hydrogens (tertiary/aromatic N) is 2. The molecule has 23 heavy (non-hydrogen) atoms. The van der Waals surface area contributed by atoms with Gasteiger partial charge in [0.05, 0.1) is 5.03 Å². The summed E-state index contributed by atoms with van der Waals surface area (Å²) in [5.74, 6) is 2.71. The zero-order valence-corrected chi connectivity index (χ0v) is 15.9. The van der Waals surface area contributed by atoms with Crippen LogP contribution in [0.4, 0.5) is 0 Å². The largest absolute Gasteiger partial charge is 0.352 e. The van der Waals surface area contributed by atoms with Crippen LogP contribution in [0.2, 0.25) is 0 Å². The van der Waals surface area contributed by atoms with Crippen LogP contribution in [0, 0.1) is 11.8 Å². The van der Waals surface area contributed by atoms with Gasteiger partial charge in [0.25, 0.3) is 0 Å². The Balaban J connectivity index is 1.96. The van der Waals surface area contributed by atoms with E-state index in [0.717, 1.165) is 48.9 Å². The Labute approximate surface area is 147 Å². The molecule has 1 saturated heterocycles. The standard InChI is InChI=1S/C19H34ClN3/c1-4-6-8-17(5-2)15-22-12-7-9-18(20)19(22)21-23-13-10-16(3)11-14-23/h7,9,16-17,21H,4-6,8,10-15H2,1-3H3. The SMILES string of the molecule is CCCCC(CC)CN1CC=CC(Cl)=C1NN1CCC(C)CC1. The van der Waals surface area contributed by atoms with Crippen LogP contribution in [0.25, 0.3) is 0 Å². The van der Waals surface area contributed by atoms with Crippen LogP contribution in [0.3, 0.4) is 0 Å². The summed E-state index contributed by atoms with van der Waals surface area (Å²) in [6.45, 7) is 11.2.